The van der Waals surface area contributed by atoms with Crippen LogP contribution in [0, 0.1) is 0 Å². The van der Waals surface area contributed by atoms with Crippen molar-refractivity contribution in [2.45, 2.75) is 19.1 Å². The highest BCUT2D eigenvalue weighted by Crippen LogP contribution is 2.21. The van der Waals surface area contributed by atoms with Gasteiger partial charge in [0.1, 0.15) is 5.69 Å². The molecular weight excluding hydrogens is 378 g/mol. The van der Waals surface area contributed by atoms with E-state index in [0.29, 0.717) is 13.0 Å². The van der Waals surface area contributed by atoms with Crippen LogP contribution in [0.2, 0.25) is 0 Å². The van der Waals surface area contributed by atoms with E-state index < -0.39 is 6.10 Å². The number of aromatic nitrogens is 3. The van der Waals surface area contributed by atoms with Gasteiger partial charge in [0, 0.05) is 36.5 Å². The molecule has 0 unspecified atom stereocenters. The van der Waals surface area contributed by atoms with Gasteiger partial charge in [-0.3, -0.25) is 14.3 Å². The predicted molar refractivity (Wildman–Crippen MR) is 104 cm³/mol. The minimum absolute atomic E-state index is 0.156. The minimum Gasteiger partial charge on any atom is -0.389 e. The van der Waals surface area contributed by atoms with Crippen molar-refractivity contribution in [2.75, 3.05) is 13.1 Å². The van der Waals surface area contributed by atoms with Crippen LogP contribution >= 0.6 is 11.3 Å². The van der Waals surface area contributed by atoms with Crippen LogP contribution in [0.3, 0.4) is 0 Å². The second-order valence-electron chi connectivity index (χ2n) is 6.46. The van der Waals surface area contributed by atoms with Crippen LogP contribution in [0.4, 0.5) is 0 Å². The van der Waals surface area contributed by atoms with Gasteiger partial charge in [-0.05, 0) is 0 Å². The van der Waals surface area contributed by atoms with Gasteiger partial charge in [0.05, 0.1) is 23.4 Å². The first kappa shape index (κ1) is 18.3. The number of hydrogen-bond acceptors (Lipinski definition) is 6. The lowest BCUT2D eigenvalue weighted by atomic mass is 10.2. The van der Waals surface area contributed by atoms with Crippen LogP contribution in [-0.4, -0.2) is 50.9 Å². The maximum atomic E-state index is 12.4. The second-order valence-corrected chi connectivity index (χ2v) is 7.40. The Morgan fingerprint density at radius 2 is 2.18 bits per heavy atom. The average molecular weight is 397 g/mol. The zero-order valence-corrected chi connectivity index (χ0v) is 15.8. The topological polar surface area (TPSA) is 109 Å². The predicted octanol–water partition coefficient (Wildman–Crippen LogP) is 1.08. The number of β-amino-alcohol motifs (C(OH)–C–C–N with tert-alkyl or cyclic N) is 1. The summed E-state index contributed by atoms with van der Waals surface area (Å²) in [4.78, 5) is 28.9. The van der Waals surface area contributed by atoms with Crippen LogP contribution in [0.25, 0.3) is 11.3 Å². The Kier molecular flexibility index (Phi) is 5.18. The number of fused-ring (bicyclic) bond motifs is 1. The van der Waals surface area contributed by atoms with Crippen molar-refractivity contribution in [2.24, 2.45) is 0 Å². The van der Waals surface area contributed by atoms with Gasteiger partial charge in [-0.1, -0.05) is 30.3 Å². The van der Waals surface area contributed by atoms with Gasteiger partial charge in [0.2, 0.25) is 0 Å². The number of carbonyl (C=O) groups is 2. The normalized spacial score (nSPS) is 16.2. The third kappa shape index (κ3) is 3.95. The molecule has 144 valence electrons. The number of aliphatic hydroxyl groups excluding tert-OH is 1. The van der Waals surface area contributed by atoms with E-state index in [9.17, 15) is 14.7 Å². The van der Waals surface area contributed by atoms with E-state index in [4.69, 9.17) is 0 Å². The number of carbonyl (C=O) groups excluding carboxylic acids is 2. The van der Waals surface area contributed by atoms with Gasteiger partial charge in [-0.15, -0.1) is 11.3 Å². The highest BCUT2D eigenvalue weighted by Gasteiger charge is 2.24. The van der Waals surface area contributed by atoms with E-state index >= 15 is 0 Å². The molecule has 1 aromatic carbocycles. The van der Waals surface area contributed by atoms with Crippen molar-refractivity contribution in [1.29, 1.82) is 0 Å². The minimum atomic E-state index is -0.732. The molecule has 0 bridgehead atoms. The highest BCUT2D eigenvalue weighted by molar-refractivity contribution is 7.09. The van der Waals surface area contributed by atoms with Crippen LogP contribution in [0.5, 0.6) is 0 Å². The van der Waals surface area contributed by atoms with Crippen LogP contribution in [-0.2, 0) is 13.0 Å². The lowest BCUT2D eigenvalue weighted by Gasteiger charge is -2.06. The van der Waals surface area contributed by atoms with Crippen molar-refractivity contribution >= 4 is 23.2 Å². The number of aliphatic hydroxyl groups is 1. The summed E-state index contributed by atoms with van der Waals surface area (Å²) in [5.41, 5.74) is 2.42. The molecule has 0 fully saturated rings. The molecule has 3 N–H and O–H groups in total. The zero-order valence-electron chi connectivity index (χ0n) is 15.0. The molecule has 28 heavy (non-hydrogen) atoms. The Labute approximate surface area is 165 Å². The van der Waals surface area contributed by atoms with Crippen molar-refractivity contribution in [3.8, 4) is 11.3 Å². The van der Waals surface area contributed by atoms with E-state index in [1.165, 1.54) is 10.7 Å². The number of benzene rings is 1. The second kappa shape index (κ2) is 7.91. The van der Waals surface area contributed by atoms with Gasteiger partial charge in [-0.2, -0.15) is 5.10 Å². The van der Waals surface area contributed by atoms with Gasteiger partial charge in [-0.25, -0.2) is 4.98 Å². The fourth-order valence-electron chi connectivity index (χ4n) is 2.96. The fourth-order valence-corrected chi connectivity index (χ4v) is 3.76. The number of nitrogens with one attached hydrogen (secondary N) is 2. The zero-order chi connectivity index (χ0) is 19.5. The Bertz CT molecular complexity index is 998. The Balaban J connectivity index is 1.35. The lowest BCUT2D eigenvalue weighted by Crippen LogP contribution is -2.30. The molecular formula is C19H19N5O3S. The Morgan fingerprint density at radius 1 is 1.36 bits per heavy atom. The number of hydrogen-bond donors (Lipinski definition) is 3. The summed E-state index contributed by atoms with van der Waals surface area (Å²) >= 11 is 1.55. The first-order valence-corrected chi connectivity index (χ1v) is 9.80. The third-order valence-electron chi connectivity index (χ3n) is 4.37. The largest absolute Gasteiger partial charge is 0.389 e. The first-order chi connectivity index (χ1) is 13.6. The molecule has 4 rings (SSSR count). The summed E-state index contributed by atoms with van der Waals surface area (Å²) in [6, 6.07) is 11.4. The van der Waals surface area contributed by atoms with Crippen molar-refractivity contribution < 1.29 is 14.7 Å². The molecule has 1 atom stereocenters. The molecule has 0 aliphatic carbocycles. The first-order valence-electron chi connectivity index (χ1n) is 8.92. The van der Waals surface area contributed by atoms with Crippen molar-refractivity contribution in [3.05, 3.63) is 58.2 Å². The molecule has 0 radical (unpaired) electrons. The van der Waals surface area contributed by atoms with Gasteiger partial charge < -0.3 is 15.7 Å². The van der Waals surface area contributed by atoms with E-state index in [1.54, 1.807) is 11.3 Å². The summed E-state index contributed by atoms with van der Waals surface area (Å²) in [5, 5.41) is 22.3. The molecule has 0 saturated heterocycles. The van der Waals surface area contributed by atoms with E-state index in [1.807, 2.05) is 35.7 Å². The van der Waals surface area contributed by atoms with Crippen molar-refractivity contribution in [1.82, 2.24) is 25.4 Å². The summed E-state index contributed by atoms with van der Waals surface area (Å²) < 4.78 is 1.37. The Morgan fingerprint density at radius 3 is 3.00 bits per heavy atom. The maximum absolute atomic E-state index is 12.4. The van der Waals surface area contributed by atoms with E-state index in [2.05, 4.69) is 20.7 Å². The van der Waals surface area contributed by atoms with Crippen LogP contribution < -0.4 is 10.6 Å². The SMILES string of the molecule is O=C(NCCc1nc(-c2ccccc2)cs1)c1cc2n(n1)C[C@@H](O)CNC2=O. The number of thiazole rings is 1. The molecule has 1 aliphatic rings. The number of rotatable bonds is 5. The lowest BCUT2D eigenvalue weighted by molar-refractivity contribution is 0.0931. The average Bonchev–Trinajstić information content (AvgIpc) is 3.31. The quantitative estimate of drug-likeness (QED) is 0.597. The summed E-state index contributed by atoms with van der Waals surface area (Å²) in [5.74, 6) is -0.706. The monoisotopic (exact) mass is 397 g/mol. The van der Waals surface area contributed by atoms with Gasteiger partial charge in [0.15, 0.2) is 5.69 Å². The molecule has 3 aromatic rings. The molecule has 2 aromatic heterocycles. The van der Waals surface area contributed by atoms with E-state index in [-0.39, 0.29) is 36.3 Å². The molecule has 0 saturated carbocycles. The standard InChI is InChI=1S/C19H19N5O3S/c25-13-9-21-19(27)16-8-14(23-24(16)10-13)18(26)20-7-6-17-22-15(11-28-17)12-4-2-1-3-5-12/h1-5,8,11,13,25H,6-7,9-10H2,(H,20,26)(H,21,27)/t13-/m0/s1. The maximum Gasteiger partial charge on any atom is 0.271 e. The van der Waals surface area contributed by atoms with Gasteiger partial charge in [0.25, 0.3) is 11.8 Å². The summed E-state index contributed by atoms with van der Waals surface area (Å²) in [6.07, 6.45) is -0.125. The molecule has 0 spiro atoms. The smallest absolute Gasteiger partial charge is 0.271 e. The molecule has 9 heteroatoms. The van der Waals surface area contributed by atoms with E-state index in [0.717, 1.165) is 16.3 Å². The third-order valence-corrected chi connectivity index (χ3v) is 5.28. The molecule has 2 amide bonds. The van der Waals surface area contributed by atoms with Crippen LogP contribution in [0.1, 0.15) is 26.0 Å². The fraction of sp³-hybridized carbons (Fsp3) is 0.263. The molecule has 3 heterocycles. The van der Waals surface area contributed by atoms with Crippen molar-refractivity contribution in [3.63, 3.8) is 0 Å². The number of nitrogens with zero attached hydrogens (tertiary/aromatic N) is 3. The van der Waals surface area contributed by atoms with Crippen LogP contribution in [0.15, 0.2) is 41.8 Å². The summed E-state index contributed by atoms with van der Waals surface area (Å²) in [7, 11) is 0. The Hall–Kier alpha value is -3.04. The molecule has 8 nitrogen and oxygen atoms in total. The number of amides is 2. The summed E-state index contributed by atoms with van der Waals surface area (Å²) in [6.45, 7) is 0.753. The van der Waals surface area contributed by atoms with Gasteiger partial charge >= 0.3 is 0 Å². The highest BCUT2D eigenvalue weighted by atomic mass is 32.1. The molecule has 1 aliphatic heterocycles.